The molecule has 2 N–H and O–H groups in total. The standard InChI is InChI=1S/C15H27N5O.2ClH/c1-3-15(4-2,10-16)14(21)19-7-5-6-13(8-19)9-20-12-17-11-18-20;;/h11-13H,3-10,16H2,1-2H3;2*1H. The maximum absolute atomic E-state index is 12.9. The summed E-state index contributed by atoms with van der Waals surface area (Å²) in [5.41, 5.74) is 5.53. The van der Waals surface area contributed by atoms with Crippen LogP contribution in [0.25, 0.3) is 0 Å². The highest BCUT2D eigenvalue weighted by molar-refractivity contribution is 5.85. The van der Waals surface area contributed by atoms with E-state index in [0.29, 0.717) is 12.5 Å². The SMILES string of the molecule is CCC(CC)(CN)C(=O)N1CCCC(Cn2cncn2)C1.Cl.Cl. The molecular formula is C15H29Cl2N5O. The predicted molar refractivity (Wildman–Crippen MR) is 95.9 cm³/mol. The zero-order valence-corrected chi connectivity index (χ0v) is 15.6. The van der Waals surface area contributed by atoms with E-state index in [1.165, 1.54) is 0 Å². The van der Waals surface area contributed by atoms with Crippen LogP contribution in [0.4, 0.5) is 0 Å². The molecule has 134 valence electrons. The second-order valence-corrected chi connectivity index (χ2v) is 6.07. The molecule has 1 aromatic rings. The molecule has 8 heteroatoms. The Morgan fingerprint density at radius 1 is 1.35 bits per heavy atom. The largest absolute Gasteiger partial charge is 0.342 e. The maximum atomic E-state index is 12.9. The van der Waals surface area contributed by atoms with E-state index in [9.17, 15) is 4.79 Å². The van der Waals surface area contributed by atoms with Crippen LogP contribution in [0.2, 0.25) is 0 Å². The molecule has 1 unspecified atom stereocenters. The summed E-state index contributed by atoms with van der Waals surface area (Å²) in [6.45, 7) is 7.05. The summed E-state index contributed by atoms with van der Waals surface area (Å²) in [5, 5.41) is 4.16. The first-order valence-electron chi connectivity index (χ1n) is 7.97. The Balaban J connectivity index is 0.00000242. The molecule has 0 spiro atoms. The van der Waals surface area contributed by atoms with Gasteiger partial charge in [0.05, 0.1) is 5.41 Å². The fraction of sp³-hybridized carbons (Fsp3) is 0.800. The average molecular weight is 366 g/mol. The molecule has 1 aliphatic heterocycles. The number of halogens is 2. The summed E-state index contributed by atoms with van der Waals surface area (Å²) in [6, 6.07) is 0. The van der Waals surface area contributed by atoms with Crippen LogP contribution in [0.15, 0.2) is 12.7 Å². The molecule has 1 atom stereocenters. The van der Waals surface area contributed by atoms with Crippen LogP contribution in [-0.2, 0) is 11.3 Å². The fourth-order valence-corrected chi connectivity index (χ4v) is 3.25. The van der Waals surface area contributed by atoms with Crippen molar-refractivity contribution in [3.63, 3.8) is 0 Å². The van der Waals surface area contributed by atoms with Crippen LogP contribution in [-0.4, -0.2) is 45.2 Å². The van der Waals surface area contributed by atoms with Crippen molar-refractivity contribution < 1.29 is 4.79 Å². The third kappa shape index (κ3) is 5.06. The Hall–Kier alpha value is -0.850. The Labute approximate surface area is 151 Å². The first kappa shape index (κ1) is 22.1. The number of carbonyl (C=O) groups excluding carboxylic acids is 1. The predicted octanol–water partition coefficient (Wildman–Crippen LogP) is 2.13. The van der Waals surface area contributed by atoms with Crippen molar-refractivity contribution in [2.45, 2.75) is 46.1 Å². The van der Waals surface area contributed by atoms with Crippen molar-refractivity contribution in [2.24, 2.45) is 17.1 Å². The van der Waals surface area contributed by atoms with Gasteiger partial charge in [0.15, 0.2) is 0 Å². The van der Waals surface area contributed by atoms with Crippen molar-refractivity contribution in [2.75, 3.05) is 19.6 Å². The molecule has 1 aliphatic rings. The zero-order valence-electron chi connectivity index (χ0n) is 14.0. The smallest absolute Gasteiger partial charge is 0.230 e. The minimum absolute atomic E-state index is 0. The van der Waals surface area contributed by atoms with Crippen LogP contribution in [0.1, 0.15) is 39.5 Å². The first-order chi connectivity index (χ1) is 10.1. The highest BCUT2D eigenvalue weighted by Crippen LogP contribution is 2.30. The van der Waals surface area contributed by atoms with E-state index in [0.717, 1.165) is 45.3 Å². The molecule has 0 aliphatic carbocycles. The van der Waals surface area contributed by atoms with Crippen LogP contribution < -0.4 is 5.73 Å². The normalized spacial score (nSPS) is 18.0. The lowest BCUT2D eigenvalue weighted by atomic mass is 9.80. The third-order valence-corrected chi connectivity index (χ3v) is 4.92. The van der Waals surface area contributed by atoms with Gasteiger partial charge in [0.25, 0.3) is 0 Å². The number of amides is 1. The van der Waals surface area contributed by atoms with Gasteiger partial charge in [-0.15, -0.1) is 24.8 Å². The third-order valence-electron chi connectivity index (χ3n) is 4.92. The Morgan fingerprint density at radius 2 is 2.04 bits per heavy atom. The van der Waals surface area contributed by atoms with E-state index >= 15 is 0 Å². The van der Waals surface area contributed by atoms with Crippen LogP contribution in [0.3, 0.4) is 0 Å². The minimum atomic E-state index is -0.380. The highest BCUT2D eigenvalue weighted by Gasteiger charge is 2.38. The summed E-state index contributed by atoms with van der Waals surface area (Å²) in [7, 11) is 0. The van der Waals surface area contributed by atoms with Gasteiger partial charge < -0.3 is 10.6 Å². The molecule has 1 aromatic heterocycles. The summed E-state index contributed by atoms with van der Waals surface area (Å²) in [5.74, 6) is 0.687. The Bertz CT molecular complexity index is 442. The first-order valence-corrected chi connectivity index (χ1v) is 7.97. The number of nitrogens with zero attached hydrogens (tertiary/aromatic N) is 4. The molecule has 0 bridgehead atoms. The molecule has 0 aromatic carbocycles. The number of carbonyl (C=O) groups is 1. The van der Waals surface area contributed by atoms with Gasteiger partial charge in [0, 0.05) is 26.2 Å². The number of nitrogens with two attached hydrogens (primary N) is 1. The highest BCUT2D eigenvalue weighted by atomic mass is 35.5. The number of aromatic nitrogens is 3. The quantitative estimate of drug-likeness (QED) is 0.837. The van der Waals surface area contributed by atoms with Crippen molar-refractivity contribution in [1.82, 2.24) is 19.7 Å². The molecule has 1 saturated heterocycles. The van der Waals surface area contributed by atoms with Gasteiger partial charge in [0.2, 0.25) is 5.91 Å². The molecule has 6 nitrogen and oxygen atoms in total. The summed E-state index contributed by atoms with van der Waals surface area (Å²) >= 11 is 0. The molecule has 0 radical (unpaired) electrons. The second-order valence-electron chi connectivity index (χ2n) is 6.07. The van der Waals surface area contributed by atoms with Crippen molar-refractivity contribution in [1.29, 1.82) is 0 Å². The molecule has 0 saturated carbocycles. The van der Waals surface area contributed by atoms with Crippen LogP contribution in [0, 0.1) is 11.3 Å². The Kier molecular flexibility index (Phi) is 9.73. The molecule has 23 heavy (non-hydrogen) atoms. The topological polar surface area (TPSA) is 77.0 Å². The number of rotatable bonds is 6. The lowest BCUT2D eigenvalue weighted by molar-refractivity contribution is -0.144. The van der Waals surface area contributed by atoms with Gasteiger partial charge in [-0.05, 0) is 31.6 Å². The van der Waals surface area contributed by atoms with E-state index < -0.39 is 0 Å². The maximum Gasteiger partial charge on any atom is 0.230 e. The molecule has 1 amide bonds. The number of hydrogen-bond acceptors (Lipinski definition) is 4. The molecule has 2 heterocycles. The van der Waals surface area contributed by atoms with E-state index in [4.69, 9.17) is 5.73 Å². The second kappa shape index (κ2) is 10.1. The van der Waals surface area contributed by atoms with Gasteiger partial charge in [-0.3, -0.25) is 9.48 Å². The van der Waals surface area contributed by atoms with Gasteiger partial charge in [0.1, 0.15) is 12.7 Å². The van der Waals surface area contributed by atoms with E-state index in [1.807, 2.05) is 9.58 Å². The van der Waals surface area contributed by atoms with E-state index in [-0.39, 0.29) is 36.1 Å². The van der Waals surface area contributed by atoms with E-state index in [2.05, 4.69) is 23.9 Å². The number of likely N-dealkylation sites (tertiary alicyclic amines) is 1. The summed E-state index contributed by atoms with van der Waals surface area (Å²) in [6.07, 6.45) is 7.10. The average Bonchev–Trinajstić information content (AvgIpc) is 3.02. The zero-order chi connectivity index (χ0) is 15.3. The Morgan fingerprint density at radius 3 is 2.57 bits per heavy atom. The fourth-order valence-electron chi connectivity index (χ4n) is 3.25. The van der Waals surface area contributed by atoms with Gasteiger partial charge >= 0.3 is 0 Å². The van der Waals surface area contributed by atoms with Gasteiger partial charge in [-0.1, -0.05) is 13.8 Å². The van der Waals surface area contributed by atoms with Crippen LogP contribution in [0.5, 0.6) is 0 Å². The van der Waals surface area contributed by atoms with Gasteiger partial charge in [-0.2, -0.15) is 5.10 Å². The lowest BCUT2D eigenvalue weighted by Gasteiger charge is -2.39. The van der Waals surface area contributed by atoms with Crippen molar-refractivity contribution in [3.8, 4) is 0 Å². The van der Waals surface area contributed by atoms with Crippen molar-refractivity contribution in [3.05, 3.63) is 12.7 Å². The van der Waals surface area contributed by atoms with Gasteiger partial charge in [-0.25, -0.2) is 4.98 Å². The number of piperidine rings is 1. The van der Waals surface area contributed by atoms with Crippen LogP contribution >= 0.6 is 24.8 Å². The number of hydrogen-bond donors (Lipinski definition) is 1. The minimum Gasteiger partial charge on any atom is -0.342 e. The molecule has 2 rings (SSSR count). The summed E-state index contributed by atoms with van der Waals surface area (Å²) < 4.78 is 1.86. The van der Waals surface area contributed by atoms with E-state index in [1.54, 1.807) is 12.7 Å². The lowest BCUT2D eigenvalue weighted by Crippen LogP contribution is -2.51. The monoisotopic (exact) mass is 365 g/mol. The molecule has 1 fully saturated rings. The van der Waals surface area contributed by atoms with Crippen molar-refractivity contribution >= 4 is 30.7 Å². The molecular weight excluding hydrogens is 337 g/mol. The summed E-state index contributed by atoms with van der Waals surface area (Å²) in [4.78, 5) is 18.9.